The van der Waals surface area contributed by atoms with E-state index in [-0.39, 0.29) is 12.4 Å². The highest BCUT2D eigenvalue weighted by molar-refractivity contribution is 5.30. The molecule has 5 nitrogen and oxygen atoms in total. The molecule has 96 valence electrons. The summed E-state index contributed by atoms with van der Waals surface area (Å²) in [5, 5.41) is 12.9. The Morgan fingerprint density at radius 3 is 2.83 bits per heavy atom. The van der Waals surface area contributed by atoms with E-state index in [0.29, 0.717) is 17.3 Å². The Balaban J connectivity index is 2.05. The van der Waals surface area contributed by atoms with Gasteiger partial charge >= 0.3 is 0 Å². The summed E-state index contributed by atoms with van der Waals surface area (Å²) in [4.78, 5) is 3.94. The molecule has 1 N–H and O–H groups in total. The first-order valence-electron chi connectivity index (χ1n) is 5.46. The molecule has 0 radical (unpaired) electrons. The van der Waals surface area contributed by atoms with Gasteiger partial charge in [-0.15, -0.1) is 0 Å². The number of aromatic nitrogens is 2. The minimum atomic E-state index is -0.714. The Labute approximate surface area is 103 Å². The van der Waals surface area contributed by atoms with Gasteiger partial charge < -0.3 is 14.4 Å². The summed E-state index contributed by atoms with van der Waals surface area (Å²) in [6.07, 6.45) is -0.714. The number of hydrogen-bond acceptors (Lipinski definition) is 5. The van der Waals surface area contributed by atoms with Gasteiger partial charge in [-0.25, -0.2) is 4.39 Å². The lowest BCUT2D eigenvalue weighted by atomic mass is 10.1. The highest BCUT2D eigenvalue weighted by Crippen LogP contribution is 2.22. The van der Waals surface area contributed by atoms with E-state index in [1.807, 2.05) is 0 Å². The van der Waals surface area contributed by atoms with Gasteiger partial charge in [0.2, 0.25) is 11.7 Å². The number of aliphatic hydroxyl groups is 1. The maximum absolute atomic E-state index is 13.6. The lowest BCUT2D eigenvalue weighted by Crippen LogP contribution is -2.00. The Bertz CT molecular complexity index is 540. The van der Waals surface area contributed by atoms with Gasteiger partial charge in [0.25, 0.3) is 0 Å². The number of ether oxygens (including phenoxy) is 1. The fraction of sp³-hybridized carbons (Fsp3) is 0.333. The summed E-state index contributed by atoms with van der Waals surface area (Å²) >= 11 is 0. The molecule has 0 aliphatic carbocycles. The molecule has 6 heteroatoms. The number of aliphatic hydroxyl groups excluding tert-OH is 1. The Morgan fingerprint density at radius 2 is 2.28 bits per heavy atom. The van der Waals surface area contributed by atoms with E-state index in [0.717, 1.165) is 0 Å². The Hall–Kier alpha value is -1.95. The number of hydrogen-bond donors (Lipinski definition) is 1. The van der Waals surface area contributed by atoms with Crippen molar-refractivity contribution in [2.75, 3.05) is 0 Å². The fourth-order valence-electron chi connectivity index (χ4n) is 1.44. The molecule has 0 bridgehead atoms. The van der Waals surface area contributed by atoms with Crippen LogP contribution < -0.4 is 4.74 Å². The van der Waals surface area contributed by atoms with Crippen molar-refractivity contribution in [2.24, 2.45) is 0 Å². The summed E-state index contributed by atoms with van der Waals surface area (Å²) in [5.41, 5.74) is 0.496. The van der Waals surface area contributed by atoms with Gasteiger partial charge in [-0.1, -0.05) is 11.2 Å². The van der Waals surface area contributed by atoms with Gasteiger partial charge in [0.05, 0.1) is 6.10 Å². The molecule has 1 heterocycles. The number of halogens is 1. The lowest BCUT2D eigenvalue weighted by molar-refractivity contribution is 0.198. The van der Waals surface area contributed by atoms with Crippen LogP contribution in [0.15, 0.2) is 22.7 Å². The fourth-order valence-corrected chi connectivity index (χ4v) is 1.44. The van der Waals surface area contributed by atoms with E-state index < -0.39 is 11.9 Å². The van der Waals surface area contributed by atoms with Crippen molar-refractivity contribution in [1.82, 2.24) is 10.1 Å². The van der Waals surface area contributed by atoms with Crippen LogP contribution in [0.4, 0.5) is 4.39 Å². The molecule has 1 aromatic heterocycles. The standard InChI is InChI=1S/C12H13FN2O3/c1-7(16)9-3-4-11(10(13)5-9)17-6-12-14-8(2)18-15-12/h3-5,7,16H,6H2,1-2H3. The quantitative estimate of drug-likeness (QED) is 0.902. The maximum Gasteiger partial charge on any atom is 0.223 e. The molecule has 1 unspecified atom stereocenters. The SMILES string of the molecule is Cc1nc(COc2ccc(C(C)O)cc2F)no1. The molecule has 0 saturated heterocycles. The van der Waals surface area contributed by atoms with E-state index in [9.17, 15) is 9.50 Å². The number of nitrogens with zero attached hydrogens (tertiary/aromatic N) is 2. The predicted molar refractivity (Wildman–Crippen MR) is 60.4 cm³/mol. The van der Waals surface area contributed by atoms with Crippen molar-refractivity contribution >= 4 is 0 Å². The third-order valence-electron chi connectivity index (χ3n) is 2.36. The number of benzene rings is 1. The van der Waals surface area contributed by atoms with Gasteiger partial charge in [-0.2, -0.15) is 4.98 Å². The van der Waals surface area contributed by atoms with Gasteiger partial charge in [-0.3, -0.25) is 0 Å². The zero-order valence-electron chi connectivity index (χ0n) is 10.1. The smallest absolute Gasteiger partial charge is 0.223 e. The van der Waals surface area contributed by atoms with Crippen molar-refractivity contribution < 1.29 is 18.8 Å². The molecular formula is C12H13FN2O3. The summed E-state index contributed by atoms with van der Waals surface area (Å²) in [6.45, 7) is 3.26. The second-order valence-electron chi connectivity index (χ2n) is 3.88. The van der Waals surface area contributed by atoms with Crippen molar-refractivity contribution in [1.29, 1.82) is 0 Å². The molecule has 2 rings (SSSR count). The van der Waals surface area contributed by atoms with Crippen LogP contribution in [0.3, 0.4) is 0 Å². The second-order valence-corrected chi connectivity index (χ2v) is 3.88. The third kappa shape index (κ3) is 2.84. The van der Waals surface area contributed by atoms with Gasteiger partial charge in [-0.05, 0) is 24.6 Å². The van der Waals surface area contributed by atoms with Gasteiger partial charge in [0, 0.05) is 6.92 Å². The number of rotatable bonds is 4. The Morgan fingerprint density at radius 1 is 1.50 bits per heavy atom. The van der Waals surface area contributed by atoms with E-state index in [1.54, 1.807) is 19.9 Å². The normalized spacial score (nSPS) is 12.4. The van der Waals surface area contributed by atoms with Crippen molar-refractivity contribution in [3.05, 3.63) is 41.3 Å². The van der Waals surface area contributed by atoms with E-state index in [2.05, 4.69) is 10.1 Å². The van der Waals surface area contributed by atoms with Crippen molar-refractivity contribution in [2.45, 2.75) is 26.6 Å². The molecule has 2 aromatic rings. The molecule has 18 heavy (non-hydrogen) atoms. The monoisotopic (exact) mass is 252 g/mol. The van der Waals surface area contributed by atoms with Crippen LogP contribution in [0.2, 0.25) is 0 Å². The second kappa shape index (κ2) is 5.14. The predicted octanol–water partition coefficient (Wildman–Crippen LogP) is 2.15. The van der Waals surface area contributed by atoms with Crippen LogP contribution in [-0.2, 0) is 6.61 Å². The summed E-state index contributed by atoms with van der Waals surface area (Å²) in [6, 6.07) is 4.30. The van der Waals surface area contributed by atoms with Crippen LogP contribution >= 0.6 is 0 Å². The Kier molecular flexibility index (Phi) is 3.57. The molecule has 0 saturated carbocycles. The third-order valence-corrected chi connectivity index (χ3v) is 2.36. The van der Waals surface area contributed by atoms with E-state index >= 15 is 0 Å². The molecule has 1 atom stereocenters. The minimum absolute atomic E-state index is 0.0300. The first kappa shape index (κ1) is 12.5. The maximum atomic E-state index is 13.6. The van der Waals surface area contributed by atoms with Crippen LogP contribution in [-0.4, -0.2) is 15.2 Å². The van der Waals surface area contributed by atoms with Crippen LogP contribution in [0.25, 0.3) is 0 Å². The summed E-state index contributed by atoms with van der Waals surface area (Å²) in [5.74, 6) is 0.334. The zero-order valence-corrected chi connectivity index (χ0v) is 10.1. The zero-order chi connectivity index (χ0) is 13.1. The lowest BCUT2D eigenvalue weighted by Gasteiger charge is -2.08. The molecule has 0 spiro atoms. The van der Waals surface area contributed by atoms with Crippen LogP contribution in [0, 0.1) is 12.7 Å². The van der Waals surface area contributed by atoms with Gasteiger partial charge in [0.15, 0.2) is 18.2 Å². The van der Waals surface area contributed by atoms with Gasteiger partial charge in [0.1, 0.15) is 0 Å². The average Bonchev–Trinajstić information content (AvgIpc) is 2.73. The topological polar surface area (TPSA) is 68.4 Å². The largest absolute Gasteiger partial charge is 0.482 e. The number of aryl methyl sites for hydroxylation is 1. The van der Waals surface area contributed by atoms with E-state index in [4.69, 9.17) is 9.26 Å². The summed E-state index contributed by atoms with van der Waals surface area (Å²) < 4.78 is 23.6. The average molecular weight is 252 g/mol. The first-order valence-corrected chi connectivity index (χ1v) is 5.46. The molecule has 0 amide bonds. The highest BCUT2D eigenvalue weighted by atomic mass is 19.1. The summed E-state index contributed by atoms with van der Waals surface area (Å²) in [7, 11) is 0. The highest BCUT2D eigenvalue weighted by Gasteiger charge is 2.09. The molecule has 0 aliphatic heterocycles. The minimum Gasteiger partial charge on any atom is -0.482 e. The van der Waals surface area contributed by atoms with Crippen molar-refractivity contribution in [3.8, 4) is 5.75 Å². The van der Waals surface area contributed by atoms with Crippen molar-refractivity contribution in [3.63, 3.8) is 0 Å². The molecule has 0 aliphatic rings. The van der Waals surface area contributed by atoms with Crippen LogP contribution in [0.1, 0.15) is 30.3 Å². The first-order chi connectivity index (χ1) is 8.56. The van der Waals surface area contributed by atoms with Crippen LogP contribution in [0.5, 0.6) is 5.75 Å². The molecule has 1 aromatic carbocycles. The molecular weight excluding hydrogens is 239 g/mol. The molecule has 0 fully saturated rings. The van der Waals surface area contributed by atoms with E-state index in [1.165, 1.54) is 12.1 Å².